The molecule has 0 radical (unpaired) electrons. The van der Waals surface area contributed by atoms with Crippen molar-refractivity contribution in [3.05, 3.63) is 56.8 Å². The summed E-state index contributed by atoms with van der Waals surface area (Å²) in [5.41, 5.74) is 3.92. The summed E-state index contributed by atoms with van der Waals surface area (Å²) in [4.78, 5) is 26.5. The highest BCUT2D eigenvalue weighted by molar-refractivity contribution is 9.10. The third-order valence-electron chi connectivity index (χ3n) is 6.24. The van der Waals surface area contributed by atoms with Gasteiger partial charge in [-0.1, -0.05) is 41.9 Å². The summed E-state index contributed by atoms with van der Waals surface area (Å²) in [5, 5.41) is 3.40. The highest BCUT2D eigenvalue weighted by Crippen LogP contribution is 2.47. The summed E-state index contributed by atoms with van der Waals surface area (Å²) in [5.74, 6) is -0.550. The van der Waals surface area contributed by atoms with E-state index in [0.717, 1.165) is 59.1 Å². The molecule has 0 bridgehead atoms. The zero-order chi connectivity index (χ0) is 20.8. The van der Waals surface area contributed by atoms with Gasteiger partial charge in [0.25, 0.3) is 0 Å². The van der Waals surface area contributed by atoms with Gasteiger partial charge in [-0.05, 0) is 62.1 Å². The molecule has 1 N–H and O–H groups in total. The van der Waals surface area contributed by atoms with Crippen molar-refractivity contribution >= 4 is 27.7 Å². The highest BCUT2D eigenvalue weighted by atomic mass is 79.9. The topological polar surface area (TPSA) is 55.4 Å². The number of ketones is 1. The predicted octanol–water partition coefficient (Wildman–Crippen LogP) is 5.54. The van der Waals surface area contributed by atoms with Crippen molar-refractivity contribution in [2.75, 3.05) is 0 Å². The van der Waals surface area contributed by atoms with Gasteiger partial charge < -0.3 is 10.1 Å². The molecular formula is C24H28BrNO3. The minimum Gasteiger partial charge on any atom is -0.459 e. The van der Waals surface area contributed by atoms with Crippen LogP contribution in [0.1, 0.15) is 70.8 Å². The van der Waals surface area contributed by atoms with Gasteiger partial charge in [-0.3, -0.25) is 4.79 Å². The summed E-state index contributed by atoms with van der Waals surface area (Å²) in [7, 11) is 0. The lowest BCUT2D eigenvalue weighted by Crippen LogP contribution is -2.39. The Morgan fingerprint density at radius 2 is 1.79 bits per heavy atom. The number of benzene rings is 1. The second-order valence-electron chi connectivity index (χ2n) is 9.29. The Morgan fingerprint density at radius 3 is 2.45 bits per heavy atom. The number of hydrogen-bond acceptors (Lipinski definition) is 4. The monoisotopic (exact) mass is 457 g/mol. The van der Waals surface area contributed by atoms with Crippen LogP contribution < -0.4 is 5.32 Å². The molecule has 154 valence electrons. The highest BCUT2D eigenvalue weighted by Gasteiger charge is 2.43. The van der Waals surface area contributed by atoms with E-state index in [4.69, 9.17) is 4.74 Å². The molecule has 1 atom stereocenters. The van der Waals surface area contributed by atoms with Crippen molar-refractivity contribution in [1.82, 2.24) is 5.32 Å². The third kappa shape index (κ3) is 4.07. The van der Waals surface area contributed by atoms with E-state index < -0.39 is 0 Å². The van der Waals surface area contributed by atoms with Crippen LogP contribution in [0.4, 0.5) is 0 Å². The molecule has 1 saturated carbocycles. The van der Waals surface area contributed by atoms with Crippen molar-refractivity contribution in [3.63, 3.8) is 0 Å². The van der Waals surface area contributed by atoms with E-state index >= 15 is 0 Å². The molecule has 1 unspecified atom stereocenters. The molecule has 29 heavy (non-hydrogen) atoms. The van der Waals surface area contributed by atoms with Gasteiger partial charge in [0.15, 0.2) is 5.78 Å². The molecule has 5 heteroatoms. The van der Waals surface area contributed by atoms with Crippen LogP contribution in [-0.4, -0.2) is 17.9 Å². The van der Waals surface area contributed by atoms with E-state index in [0.29, 0.717) is 12.0 Å². The molecule has 4 nitrogen and oxygen atoms in total. The number of dihydropyridines is 1. The Labute approximate surface area is 180 Å². The maximum atomic E-state index is 13.3. The molecule has 1 fully saturated rings. The lowest BCUT2D eigenvalue weighted by atomic mass is 9.68. The molecule has 4 rings (SSSR count). The fraction of sp³-hybridized carbons (Fsp3) is 0.500. The number of esters is 1. The lowest BCUT2D eigenvalue weighted by Gasteiger charge is -2.39. The number of nitrogens with one attached hydrogen (secondary N) is 1. The molecule has 0 saturated heterocycles. The largest absolute Gasteiger partial charge is 0.459 e. The van der Waals surface area contributed by atoms with Crippen LogP contribution in [0.25, 0.3) is 0 Å². The molecule has 0 spiro atoms. The average Bonchev–Trinajstić information content (AvgIpc) is 3.13. The summed E-state index contributed by atoms with van der Waals surface area (Å²) >= 11 is 3.48. The molecule has 0 aromatic heterocycles. The fourth-order valence-electron chi connectivity index (χ4n) is 4.92. The lowest BCUT2D eigenvalue weighted by molar-refractivity contribution is -0.144. The Hall–Kier alpha value is -1.88. The standard InChI is InChI=1S/C24H28BrNO3/c1-14-20(23(28)29-17-6-4-5-7-17)21(15-8-10-16(25)11-9-15)22-18(26-14)12-24(2,3)13-19(22)27/h8-11,17,21,26H,4-7,12-13H2,1-3H3. The molecule has 1 aliphatic heterocycles. The number of halogens is 1. The zero-order valence-corrected chi connectivity index (χ0v) is 18.9. The molecule has 1 heterocycles. The van der Waals surface area contributed by atoms with Crippen LogP contribution in [0.2, 0.25) is 0 Å². The number of hydrogen-bond donors (Lipinski definition) is 1. The number of rotatable bonds is 3. The van der Waals surface area contributed by atoms with Crippen LogP contribution >= 0.6 is 15.9 Å². The van der Waals surface area contributed by atoms with E-state index in [1.807, 2.05) is 31.2 Å². The van der Waals surface area contributed by atoms with Crippen molar-refractivity contribution in [1.29, 1.82) is 0 Å². The number of carbonyl (C=O) groups excluding carboxylic acids is 2. The summed E-state index contributed by atoms with van der Waals surface area (Å²) in [6.45, 7) is 6.16. The predicted molar refractivity (Wildman–Crippen MR) is 116 cm³/mol. The van der Waals surface area contributed by atoms with E-state index in [-0.39, 0.29) is 29.2 Å². The first-order valence-electron chi connectivity index (χ1n) is 10.5. The van der Waals surface area contributed by atoms with Crippen molar-refractivity contribution in [2.24, 2.45) is 5.41 Å². The zero-order valence-electron chi connectivity index (χ0n) is 17.3. The number of ether oxygens (including phenoxy) is 1. The number of allylic oxidation sites excluding steroid dienone is 3. The molecular weight excluding hydrogens is 430 g/mol. The Kier molecular flexibility index (Phi) is 5.45. The maximum absolute atomic E-state index is 13.3. The minimum absolute atomic E-state index is 0.00950. The van der Waals surface area contributed by atoms with Gasteiger partial charge in [-0.25, -0.2) is 4.79 Å². The fourth-order valence-corrected chi connectivity index (χ4v) is 5.18. The van der Waals surface area contributed by atoms with E-state index in [2.05, 4.69) is 35.1 Å². The first kappa shape index (κ1) is 20.4. The van der Waals surface area contributed by atoms with Gasteiger partial charge >= 0.3 is 5.97 Å². The molecule has 2 aliphatic carbocycles. The van der Waals surface area contributed by atoms with Crippen LogP contribution in [0.15, 0.2) is 51.3 Å². The van der Waals surface area contributed by atoms with Crippen LogP contribution in [0, 0.1) is 5.41 Å². The van der Waals surface area contributed by atoms with Gasteiger partial charge in [0, 0.05) is 33.8 Å². The van der Waals surface area contributed by atoms with Gasteiger partial charge in [-0.15, -0.1) is 0 Å². The smallest absolute Gasteiger partial charge is 0.337 e. The summed E-state index contributed by atoms with van der Waals surface area (Å²) in [6, 6.07) is 7.91. The van der Waals surface area contributed by atoms with Gasteiger partial charge in [-0.2, -0.15) is 0 Å². The van der Waals surface area contributed by atoms with Gasteiger partial charge in [0.1, 0.15) is 6.10 Å². The second kappa shape index (κ2) is 7.75. The Balaban J connectivity index is 1.78. The third-order valence-corrected chi connectivity index (χ3v) is 6.77. The van der Waals surface area contributed by atoms with E-state index in [1.165, 1.54) is 0 Å². The molecule has 1 aromatic carbocycles. The minimum atomic E-state index is -0.378. The van der Waals surface area contributed by atoms with Gasteiger partial charge in [0.05, 0.1) is 5.57 Å². The van der Waals surface area contributed by atoms with Crippen LogP contribution in [-0.2, 0) is 14.3 Å². The summed E-state index contributed by atoms with van der Waals surface area (Å²) < 4.78 is 6.84. The Morgan fingerprint density at radius 1 is 1.14 bits per heavy atom. The van der Waals surface area contributed by atoms with E-state index in [9.17, 15) is 9.59 Å². The average molecular weight is 458 g/mol. The number of Topliss-reactive ketones (excluding diaryl/α,β-unsaturated/α-hetero) is 1. The molecule has 0 amide bonds. The first-order chi connectivity index (χ1) is 13.7. The van der Waals surface area contributed by atoms with Crippen molar-refractivity contribution in [2.45, 2.75) is 71.3 Å². The van der Waals surface area contributed by atoms with Crippen LogP contribution in [0.5, 0.6) is 0 Å². The number of carbonyl (C=O) groups is 2. The first-order valence-corrected chi connectivity index (χ1v) is 11.2. The summed E-state index contributed by atoms with van der Waals surface area (Å²) in [6.07, 6.45) is 5.34. The van der Waals surface area contributed by atoms with Crippen molar-refractivity contribution in [3.8, 4) is 0 Å². The normalized spacial score (nSPS) is 24.4. The van der Waals surface area contributed by atoms with Crippen molar-refractivity contribution < 1.29 is 14.3 Å². The Bertz CT molecular complexity index is 905. The molecule has 3 aliphatic rings. The van der Waals surface area contributed by atoms with E-state index in [1.54, 1.807) is 0 Å². The van der Waals surface area contributed by atoms with Crippen LogP contribution in [0.3, 0.4) is 0 Å². The molecule has 1 aromatic rings. The SMILES string of the molecule is CC1=C(C(=O)OC2CCCC2)C(c2ccc(Br)cc2)C2=C(CC(C)(C)CC2=O)N1. The van der Waals surface area contributed by atoms with Gasteiger partial charge in [0.2, 0.25) is 0 Å². The maximum Gasteiger partial charge on any atom is 0.337 e. The second-order valence-corrected chi connectivity index (χ2v) is 10.2. The quantitative estimate of drug-likeness (QED) is 0.605.